The van der Waals surface area contributed by atoms with Gasteiger partial charge >= 0.3 is 0 Å². The van der Waals surface area contributed by atoms with Crippen LogP contribution in [0.15, 0.2) is 41.5 Å². The Morgan fingerprint density at radius 3 is 2.48 bits per heavy atom. The van der Waals surface area contributed by atoms with E-state index in [-0.39, 0.29) is 12.5 Å². The first-order chi connectivity index (χ1) is 11.9. The number of carbonyl (C=O) groups excluding carboxylic acids is 1. The molecule has 0 aromatic heterocycles. The highest BCUT2D eigenvalue weighted by atomic mass is 16.5. The normalized spacial score (nSPS) is 11.1. The number of nitrogens with one attached hydrogen (secondary N) is 1. The molecule has 0 atom stereocenters. The second kappa shape index (κ2) is 8.47. The van der Waals surface area contributed by atoms with Gasteiger partial charge in [0.1, 0.15) is 5.75 Å². The quantitative estimate of drug-likeness (QED) is 0.632. The summed E-state index contributed by atoms with van der Waals surface area (Å²) in [6.45, 7) is 10.2. The van der Waals surface area contributed by atoms with Crippen molar-refractivity contribution in [2.75, 3.05) is 6.61 Å². The number of hydrogen-bond acceptors (Lipinski definition) is 3. The molecule has 0 fully saturated rings. The monoisotopic (exact) mass is 338 g/mol. The number of amides is 1. The zero-order valence-corrected chi connectivity index (χ0v) is 15.6. The number of carbonyl (C=O) groups is 1. The fraction of sp³-hybridized carbons (Fsp3) is 0.333. The average Bonchev–Trinajstić information content (AvgIpc) is 2.54. The molecule has 1 N–H and O–H groups in total. The van der Waals surface area contributed by atoms with E-state index < -0.39 is 0 Å². The highest BCUT2D eigenvalue weighted by molar-refractivity contribution is 5.84. The maximum atomic E-state index is 12.0. The first kappa shape index (κ1) is 18.7. The Hall–Kier alpha value is -2.62. The van der Waals surface area contributed by atoms with E-state index in [0.717, 1.165) is 28.0 Å². The summed E-state index contributed by atoms with van der Waals surface area (Å²) in [7, 11) is 0. The molecule has 2 aromatic rings. The zero-order chi connectivity index (χ0) is 18.4. The van der Waals surface area contributed by atoms with E-state index in [1.165, 1.54) is 5.56 Å². The summed E-state index contributed by atoms with van der Waals surface area (Å²) < 4.78 is 5.70. The van der Waals surface area contributed by atoms with E-state index in [1.54, 1.807) is 6.21 Å². The lowest BCUT2D eigenvalue weighted by Gasteiger charge is -2.14. The molecular formula is C21H26N2O2. The van der Waals surface area contributed by atoms with Gasteiger partial charge in [0, 0.05) is 0 Å². The lowest BCUT2D eigenvalue weighted by molar-refractivity contribution is -0.123. The molecule has 0 heterocycles. The molecule has 0 aliphatic carbocycles. The Morgan fingerprint density at radius 2 is 1.80 bits per heavy atom. The van der Waals surface area contributed by atoms with Crippen molar-refractivity contribution < 1.29 is 9.53 Å². The van der Waals surface area contributed by atoms with Gasteiger partial charge in [-0.15, -0.1) is 0 Å². The third-order valence-corrected chi connectivity index (χ3v) is 3.97. The molecule has 1 amide bonds. The van der Waals surface area contributed by atoms with Gasteiger partial charge in [-0.25, -0.2) is 5.43 Å². The van der Waals surface area contributed by atoms with Gasteiger partial charge in [-0.2, -0.15) is 5.10 Å². The van der Waals surface area contributed by atoms with Crippen molar-refractivity contribution in [1.82, 2.24) is 5.43 Å². The maximum absolute atomic E-state index is 12.0. The highest BCUT2D eigenvalue weighted by Crippen LogP contribution is 2.27. The minimum absolute atomic E-state index is 0.0621. The number of ether oxygens (including phenoxy) is 1. The van der Waals surface area contributed by atoms with Crippen LogP contribution in [0.1, 0.15) is 47.6 Å². The second-order valence-corrected chi connectivity index (χ2v) is 6.64. The number of benzene rings is 2. The van der Waals surface area contributed by atoms with Crippen LogP contribution in [-0.4, -0.2) is 18.7 Å². The summed E-state index contributed by atoms with van der Waals surface area (Å²) in [5.74, 6) is 0.807. The molecule has 4 heteroatoms. The molecule has 25 heavy (non-hydrogen) atoms. The molecule has 132 valence electrons. The van der Waals surface area contributed by atoms with E-state index in [0.29, 0.717) is 5.92 Å². The number of rotatable bonds is 6. The molecule has 0 aliphatic rings. The number of nitrogens with zero attached hydrogens (tertiary/aromatic N) is 1. The zero-order valence-electron chi connectivity index (χ0n) is 15.6. The fourth-order valence-electron chi connectivity index (χ4n) is 2.56. The van der Waals surface area contributed by atoms with Crippen LogP contribution >= 0.6 is 0 Å². The molecule has 0 spiro atoms. The second-order valence-electron chi connectivity index (χ2n) is 6.64. The van der Waals surface area contributed by atoms with E-state index in [1.807, 2.05) is 45.0 Å². The molecule has 0 saturated heterocycles. The first-order valence-corrected chi connectivity index (χ1v) is 8.49. The molecule has 4 nitrogen and oxygen atoms in total. The molecule has 2 aromatic carbocycles. The summed E-state index contributed by atoms with van der Waals surface area (Å²) in [5.41, 5.74) is 8.01. The van der Waals surface area contributed by atoms with Gasteiger partial charge in [0.05, 0.1) is 6.21 Å². The van der Waals surface area contributed by atoms with Gasteiger partial charge in [-0.05, 0) is 55.0 Å². The van der Waals surface area contributed by atoms with Crippen molar-refractivity contribution >= 4 is 12.1 Å². The Morgan fingerprint density at radius 1 is 1.12 bits per heavy atom. The predicted octanol–water partition coefficient (Wildman–Crippen LogP) is 4.26. The molecule has 2 rings (SSSR count). The standard InChI is InChI=1S/C21H26N2O2/c1-14(2)19-9-7-16(4)11-20(19)25-13-21(24)23-22-12-18-8-6-15(3)10-17(18)5/h6-12,14H,13H2,1-5H3,(H,23,24)/b22-12+. The fourth-order valence-corrected chi connectivity index (χ4v) is 2.56. The Balaban J connectivity index is 1.93. The number of hydrazone groups is 1. The third kappa shape index (κ3) is 5.45. The summed E-state index contributed by atoms with van der Waals surface area (Å²) in [4.78, 5) is 12.0. The van der Waals surface area contributed by atoms with Crippen LogP contribution in [0.2, 0.25) is 0 Å². The van der Waals surface area contributed by atoms with Crippen LogP contribution in [0.3, 0.4) is 0 Å². The van der Waals surface area contributed by atoms with Crippen LogP contribution in [-0.2, 0) is 4.79 Å². The largest absolute Gasteiger partial charge is 0.483 e. The van der Waals surface area contributed by atoms with Crippen LogP contribution in [0.25, 0.3) is 0 Å². The summed E-state index contributed by atoms with van der Waals surface area (Å²) in [6.07, 6.45) is 1.65. The number of aryl methyl sites for hydroxylation is 3. The smallest absolute Gasteiger partial charge is 0.277 e. The molecule has 0 unspecified atom stereocenters. The van der Waals surface area contributed by atoms with Gasteiger partial charge in [-0.1, -0.05) is 49.7 Å². The van der Waals surface area contributed by atoms with Gasteiger partial charge in [0.2, 0.25) is 0 Å². The Labute approximate surface area is 149 Å². The van der Waals surface area contributed by atoms with Crippen molar-refractivity contribution in [3.8, 4) is 5.75 Å². The maximum Gasteiger partial charge on any atom is 0.277 e. The van der Waals surface area contributed by atoms with Crippen LogP contribution in [0, 0.1) is 20.8 Å². The molecule has 0 aliphatic heterocycles. The van der Waals surface area contributed by atoms with Crippen LogP contribution in [0.4, 0.5) is 0 Å². The molecule has 0 bridgehead atoms. The summed E-state index contributed by atoms with van der Waals surface area (Å²) in [5, 5.41) is 4.01. The summed E-state index contributed by atoms with van der Waals surface area (Å²) >= 11 is 0. The molecule has 0 radical (unpaired) electrons. The van der Waals surface area contributed by atoms with Crippen LogP contribution in [0.5, 0.6) is 5.75 Å². The van der Waals surface area contributed by atoms with Gasteiger partial charge in [0.15, 0.2) is 6.61 Å². The van der Waals surface area contributed by atoms with Crippen molar-refractivity contribution in [2.45, 2.75) is 40.5 Å². The van der Waals surface area contributed by atoms with Crippen molar-refractivity contribution in [3.05, 3.63) is 64.2 Å². The SMILES string of the molecule is Cc1ccc(/C=N/NC(=O)COc2cc(C)ccc2C(C)C)c(C)c1. The predicted molar refractivity (Wildman–Crippen MR) is 102 cm³/mol. The van der Waals surface area contributed by atoms with E-state index in [4.69, 9.17) is 4.74 Å². The Bertz CT molecular complexity index is 779. The van der Waals surface area contributed by atoms with Crippen molar-refractivity contribution in [1.29, 1.82) is 0 Å². The van der Waals surface area contributed by atoms with Crippen molar-refractivity contribution in [3.63, 3.8) is 0 Å². The minimum atomic E-state index is -0.280. The van der Waals surface area contributed by atoms with E-state index in [9.17, 15) is 4.79 Å². The average molecular weight is 338 g/mol. The van der Waals surface area contributed by atoms with Gasteiger partial charge in [0.25, 0.3) is 5.91 Å². The van der Waals surface area contributed by atoms with E-state index >= 15 is 0 Å². The topological polar surface area (TPSA) is 50.7 Å². The molecule has 0 saturated carbocycles. The number of hydrogen-bond donors (Lipinski definition) is 1. The minimum Gasteiger partial charge on any atom is -0.483 e. The van der Waals surface area contributed by atoms with Crippen LogP contribution < -0.4 is 10.2 Å². The first-order valence-electron chi connectivity index (χ1n) is 8.49. The lowest BCUT2D eigenvalue weighted by atomic mass is 10.0. The Kier molecular flexibility index (Phi) is 6.34. The van der Waals surface area contributed by atoms with Gasteiger partial charge in [-0.3, -0.25) is 4.79 Å². The lowest BCUT2D eigenvalue weighted by Crippen LogP contribution is -2.25. The van der Waals surface area contributed by atoms with E-state index in [2.05, 4.69) is 36.5 Å². The van der Waals surface area contributed by atoms with Crippen molar-refractivity contribution in [2.24, 2.45) is 5.10 Å². The molecular weight excluding hydrogens is 312 g/mol. The van der Waals surface area contributed by atoms with Gasteiger partial charge < -0.3 is 4.74 Å². The summed E-state index contributed by atoms with van der Waals surface area (Å²) in [6, 6.07) is 12.1. The third-order valence-electron chi connectivity index (χ3n) is 3.97. The highest BCUT2D eigenvalue weighted by Gasteiger charge is 2.10.